The van der Waals surface area contributed by atoms with Crippen molar-refractivity contribution in [3.63, 3.8) is 0 Å². The van der Waals surface area contributed by atoms with Crippen molar-refractivity contribution in [2.75, 3.05) is 13.1 Å². The third-order valence-corrected chi connectivity index (χ3v) is 3.40. The van der Waals surface area contributed by atoms with Gasteiger partial charge in [-0.15, -0.1) is 0 Å². The molecular weight excluding hydrogens is 228 g/mol. The van der Waals surface area contributed by atoms with Gasteiger partial charge >= 0.3 is 6.09 Å². The molecule has 2 unspecified atom stereocenters. The molecule has 1 aliphatic carbocycles. The molecular formula is C14H28N2O2. The predicted octanol–water partition coefficient (Wildman–Crippen LogP) is 2.67. The lowest BCUT2D eigenvalue weighted by molar-refractivity contribution is 0.0511. The predicted molar refractivity (Wildman–Crippen MR) is 73.4 cm³/mol. The quantitative estimate of drug-likeness (QED) is 0.812. The number of alkyl carbamates (subject to hydrolysis) is 1. The maximum absolute atomic E-state index is 11.6. The Morgan fingerprint density at radius 1 is 1.33 bits per heavy atom. The second-order valence-corrected chi connectivity index (χ2v) is 6.36. The Morgan fingerprint density at radius 2 is 2.00 bits per heavy atom. The monoisotopic (exact) mass is 256 g/mol. The third kappa shape index (κ3) is 6.24. The summed E-state index contributed by atoms with van der Waals surface area (Å²) in [6.45, 7) is 7.15. The zero-order valence-electron chi connectivity index (χ0n) is 12.0. The van der Waals surface area contributed by atoms with E-state index in [2.05, 4.69) is 5.32 Å². The van der Waals surface area contributed by atoms with Crippen LogP contribution in [0.25, 0.3) is 0 Å². The SMILES string of the molecule is CC(C)(C)OC(=O)NCC1CCCC(CCN)C1. The molecule has 1 rings (SSSR count). The fraction of sp³-hybridized carbons (Fsp3) is 0.929. The van der Waals surface area contributed by atoms with E-state index in [1.54, 1.807) is 0 Å². The molecule has 1 saturated carbocycles. The van der Waals surface area contributed by atoms with Crippen LogP contribution in [0.3, 0.4) is 0 Å². The maximum Gasteiger partial charge on any atom is 0.407 e. The highest BCUT2D eigenvalue weighted by atomic mass is 16.6. The highest BCUT2D eigenvalue weighted by molar-refractivity contribution is 5.67. The van der Waals surface area contributed by atoms with Gasteiger partial charge in [0.05, 0.1) is 0 Å². The Morgan fingerprint density at radius 3 is 2.61 bits per heavy atom. The van der Waals surface area contributed by atoms with E-state index in [1.165, 1.54) is 25.7 Å². The lowest BCUT2D eigenvalue weighted by atomic mass is 9.80. The Balaban J connectivity index is 2.24. The van der Waals surface area contributed by atoms with Crippen molar-refractivity contribution in [3.8, 4) is 0 Å². The molecule has 1 amide bonds. The molecule has 0 aromatic carbocycles. The van der Waals surface area contributed by atoms with Crippen LogP contribution in [-0.4, -0.2) is 24.8 Å². The first-order valence-corrected chi connectivity index (χ1v) is 7.07. The lowest BCUT2D eigenvalue weighted by Gasteiger charge is -2.29. The molecule has 0 aromatic rings. The molecule has 0 aliphatic heterocycles. The van der Waals surface area contributed by atoms with Crippen molar-refractivity contribution in [1.82, 2.24) is 5.32 Å². The molecule has 4 heteroatoms. The van der Waals surface area contributed by atoms with Crippen molar-refractivity contribution in [2.24, 2.45) is 17.6 Å². The number of carbonyl (C=O) groups excluding carboxylic acids is 1. The van der Waals surface area contributed by atoms with Gasteiger partial charge in [-0.25, -0.2) is 4.79 Å². The molecule has 0 heterocycles. The van der Waals surface area contributed by atoms with Crippen molar-refractivity contribution < 1.29 is 9.53 Å². The number of hydrogen-bond donors (Lipinski definition) is 2. The number of hydrogen-bond acceptors (Lipinski definition) is 3. The van der Waals surface area contributed by atoms with Crippen LogP contribution >= 0.6 is 0 Å². The summed E-state index contributed by atoms with van der Waals surface area (Å²) in [5.41, 5.74) is 5.19. The standard InChI is InChI=1S/C14H28N2O2/c1-14(2,3)18-13(17)16-10-12-6-4-5-11(9-12)7-8-15/h11-12H,4-10,15H2,1-3H3,(H,16,17). The molecule has 106 valence electrons. The van der Waals surface area contributed by atoms with Gasteiger partial charge in [-0.2, -0.15) is 0 Å². The van der Waals surface area contributed by atoms with E-state index in [4.69, 9.17) is 10.5 Å². The van der Waals surface area contributed by atoms with Crippen LogP contribution in [0.2, 0.25) is 0 Å². The first-order valence-electron chi connectivity index (χ1n) is 7.07. The van der Waals surface area contributed by atoms with E-state index in [0.29, 0.717) is 5.92 Å². The van der Waals surface area contributed by atoms with Crippen LogP contribution in [0.1, 0.15) is 52.9 Å². The summed E-state index contributed by atoms with van der Waals surface area (Å²) in [5.74, 6) is 1.33. The van der Waals surface area contributed by atoms with Crippen LogP contribution in [0, 0.1) is 11.8 Å². The van der Waals surface area contributed by atoms with E-state index in [9.17, 15) is 4.79 Å². The Hall–Kier alpha value is -0.770. The second-order valence-electron chi connectivity index (χ2n) is 6.36. The molecule has 0 bridgehead atoms. The molecule has 0 aromatic heterocycles. The van der Waals surface area contributed by atoms with Crippen LogP contribution in [0.4, 0.5) is 4.79 Å². The normalized spacial score (nSPS) is 24.7. The molecule has 4 nitrogen and oxygen atoms in total. The van der Waals surface area contributed by atoms with Gasteiger partial charge in [0, 0.05) is 6.54 Å². The summed E-state index contributed by atoms with van der Waals surface area (Å²) in [7, 11) is 0. The molecule has 18 heavy (non-hydrogen) atoms. The minimum absolute atomic E-state index is 0.302. The Bertz CT molecular complexity index is 259. The van der Waals surface area contributed by atoms with Crippen molar-refractivity contribution >= 4 is 6.09 Å². The molecule has 0 spiro atoms. The van der Waals surface area contributed by atoms with Crippen molar-refractivity contribution in [3.05, 3.63) is 0 Å². The lowest BCUT2D eigenvalue weighted by Crippen LogP contribution is -2.36. The van der Waals surface area contributed by atoms with Gasteiger partial charge in [-0.1, -0.05) is 12.8 Å². The molecule has 1 fully saturated rings. The summed E-state index contributed by atoms with van der Waals surface area (Å²) in [5, 5.41) is 2.88. The Kier molecular flexibility index (Phi) is 5.93. The van der Waals surface area contributed by atoms with Gasteiger partial charge in [0.1, 0.15) is 5.60 Å². The second kappa shape index (κ2) is 6.98. The number of carbonyl (C=O) groups is 1. The molecule has 0 saturated heterocycles. The molecule has 3 N–H and O–H groups in total. The van der Waals surface area contributed by atoms with Crippen LogP contribution in [0.5, 0.6) is 0 Å². The summed E-state index contributed by atoms with van der Waals surface area (Å²) >= 11 is 0. The zero-order chi connectivity index (χ0) is 13.6. The summed E-state index contributed by atoms with van der Waals surface area (Å²) in [6.07, 6.45) is 5.75. The van der Waals surface area contributed by atoms with Crippen molar-refractivity contribution in [2.45, 2.75) is 58.5 Å². The summed E-state index contributed by atoms with van der Waals surface area (Å²) < 4.78 is 5.23. The van der Waals surface area contributed by atoms with Crippen LogP contribution < -0.4 is 11.1 Å². The highest BCUT2D eigenvalue weighted by Gasteiger charge is 2.23. The average molecular weight is 256 g/mol. The van der Waals surface area contributed by atoms with Crippen molar-refractivity contribution in [1.29, 1.82) is 0 Å². The van der Waals surface area contributed by atoms with Crippen LogP contribution in [0.15, 0.2) is 0 Å². The van der Waals surface area contributed by atoms with Gasteiger partial charge in [0.25, 0.3) is 0 Å². The number of nitrogens with two attached hydrogens (primary N) is 1. The summed E-state index contributed by atoms with van der Waals surface area (Å²) in [4.78, 5) is 11.6. The first-order chi connectivity index (χ1) is 8.40. The van der Waals surface area contributed by atoms with Gasteiger partial charge in [-0.05, 0) is 58.4 Å². The molecule has 0 radical (unpaired) electrons. The topological polar surface area (TPSA) is 64.3 Å². The minimum atomic E-state index is -0.418. The van der Waals surface area contributed by atoms with Crippen LogP contribution in [-0.2, 0) is 4.74 Å². The van der Waals surface area contributed by atoms with E-state index >= 15 is 0 Å². The first kappa shape index (κ1) is 15.3. The fourth-order valence-corrected chi connectivity index (χ4v) is 2.63. The molecule has 2 atom stereocenters. The number of ether oxygens (including phenoxy) is 1. The van der Waals surface area contributed by atoms with E-state index < -0.39 is 5.60 Å². The van der Waals surface area contributed by atoms with Gasteiger partial charge < -0.3 is 15.8 Å². The van der Waals surface area contributed by atoms with E-state index in [0.717, 1.165) is 25.4 Å². The van der Waals surface area contributed by atoms with Gasteiger partial charge in [0.2, 0.25) is 0 Å². The average Bonchev–Trinajstić information content (AvgIpc) is 2.25. The zero-order valence-corrected chi connectivity index (χ0v) is 12.0. The third-order valence-electron chi connectivity index (χ3n) is 3.40. The number of amides is 1. The van der Waals surface area contributed by atoms with Gasteiger partial charge in [-0.3, -0.25) is 0 Å². The minimum Gasteiger partial charge on any atom is -0.444 e. The number of nitrogens with one attached hydrogen (secondary N) is 1. The highest BCUT2D eigenvalue weighted by Crippen LogP contribution is 2.30. The van der Waals surface area contributed by atoms with Gasteiger partial charge in [0.15, 0.2) is 0 Å². The summed E-state index contributed by atoms with van der Waals surface area (Å²) in [6, 6.07) is 0. The largest absolute Gasteiger partial charge is 0.444 e. The van der Waals surface area contributed by atoms with E-state index in [-0.39, 0.29) is 6.09 Å². The smallest absolute Gasteiger partial charge is 0.407 e. The number of rotatable bonds is 4. The molecule has 1 aliphatic rings. The Labute approximate surface area is 111 Å². The maximum atomic E-state index is 11.6. The van der Waals surface area contributed by atoms with E-state index in [1.807, 2.05) is 20.8 Å². The fourth-order valence-electron chi connectivity index (χ4n) is 2.63.